The molecule has 0 aromatic heterocycles. The Hall–Kier alpha value is -0.770. The van der Waals surface area contributed by atoms with Crippen molar-refractivity contribution < 1.29 is 0 Å². The predicted molar refractivity (Wildman–Crippen MR) is 87.7 cm³/mol. The zero-order valence-electron chi connectivity index (χ0n) is 12.8. The van der Waals surface area contributed by atoms with Gasteiger partial charge in [-0.3, -0.25) is 0 Å². The number of nitrogens with zero attached hydrogens (tertiary/aromatic N) is 2. The van der Waals surface area contributed by atoms with Crippen molar-refractivity contribution in [1.82, 2.24) is 10.2 Å². The summed E-state index contributed by atoms with van der Waals surface area (Å²) < 4.78 is 0. The van der Waals surface area contributed by atoms with Crippen molar-refractivity contribution >= 4 is 17.3 Å². The Kier molecular flexibility index (Phi) is 5.70. The van der Waals surface area contributed by atoms with Crippen molar-refractivity contribution in [2.24, 2.45) is 5.92 Å². The highest BCUT2D eigenvalue weighted by Crippen LogP contribution is 2.28. The van der Waals surface area contributed by atoms with Gasteiger partial charge >= 0.3 is 0 Å². The van der Waals surface area contributed by atoms with E-state index in [4.69, 9.17) is 11.6 Å². The van der Waals surface area contributed by atoms with Crippen LogP contribution in [0.4, 0.5) is 5.69 Å². The van der Waals surface area contributed by atoms with Gasteiger partial charge in [0.2, 0.25) is 0 Å². The summed E-state index contributed by atoms with van der Waals surface area (Å²) in [6, 6.07) is 6.19. The second kappa shape index (κ2) is 7.30. The van der Waals surface area contributed by atoms with Gasteiger partial charge in [0.15, 0.2) is 0 Å². The molecular weight excluding hydrogens is 270 g/mol. The lowest BCUT2D eigenvalue weighted by molar-refractivity contribution is 0.222. The van der Waals surface area contributed by atoms with Crippen LogP contribution in [0.15, 0.2) is 18.2 Å². The van der Waals surface area contributed by atoms with Crippen LogP contribution in [0.3, 0.4) is 0 Å². The Morgan fingerprint density at radius 1 is 1.35 bits per heavy atom. The highest BCUT2D eigenvalue weighted by Gasteiger charge is 2.19. The van der Waals surface area contributed by atoms with Gasteiger partial charge in [-0.25, -0.2) is 0 Å². The number of nitrogens with one attached hydrogen (secondary N) is 1. The summed E-state index contributed by atoms with van der Waals surface area (Å²) in [5.41, 5.74) is 2.46. The predicted octanol–water partition coefficient (Wildman–Crippen LogP) is 2.84. The molecule has 0 spiro atoms. The highest BCUT2D eigenvalue weighted by molar-refractivity contribution is 6.31. The third-order valence-corrected chi connectivity index (χ3v) is 4.58. The first-order valence-corrected chi connectivity index (χ1v) is 7.81. The molecule has 0 bridgehead atoms. The maximum absolute atomic E-state index is 6.34. The average Bonchev–Trinajstić information content (AvgIpc) is 2.43. The van der Waals surface area contributed by atoms with Gasteiger partial charge in [0.1, 0.15) is 0 Å². The van der Waals surface area contributed by atoms with Crippen LogP contribution < -0.4 is 10.2 Å². The second-order valence-electron chi connectivity index (χ2n) is 5.90. The monoisotopic (exact) mass is 295 g/mol. The van der Waals surface area contributed by atoms with Crippen LogP contribution >= 0.6 is 11.6 Å². The van der Waals surface area contributed by atoms with Crippen LogP contribution in [0.25, 0.3) is 0 Å². The zero-order valence-corrected chi connectivity index (χ0v) is 13.6. The Labute approximate surface area is 127 Å². The molecule has 2 rings (SSSR count). The summed E-state index contributed by atoms with van der Waals surface area (Å²) in [5.74, 6) is 0.789. The molecule has 20 heavy (non-hydrogen) atoms. The van der Waals surface area contributed by atoms with E-state index in [9.17, 15) is 0 Å². The highest BCUT2D eigenvalue weighted by atomic mass is 35.5. The summed E-state index contributed by atoms with van der Waals surface area (Å²) in [6.45, 7) is 4.37. The minimum absolute atomic E-state index is 0.789. The van der Waals surface area contributed by atoms with Crippen LogP contribution in [0.5, 0.6) is 0 Å². The topological polar surface area (TPSA) is 18.5 Å². The smallest absolute Gasteiger partial charge is 0.0471 e. The van der Waals surface area contributed by atoms with Gasteiger partial charge in [-0.15, -0.1) is 0 Å². The molecule has 1 heterocycles. The molecule has 0 aliphatic carbocycles. The Morgan fingerprint density at radius 2 is 2.05 bits per heavy atom. The first-order chi connectivity index (χ1) is 9.61. The largest absolute Gasteiger partial charge is 0.374 e. The molecule has 0 atom stereocenters. The average molecular weight is 296 g/mol. The van der Waals surface area contributed by atoms with Crippen LogP contribution in [0.2, 0.25) is 5.02 Å². The Morgan fingerprint density at radius 3 is 2.70 bits per heavy atom. The van der Waals surface area contributed by atoms with E-state index in [0.29, 0.717) is 0 Å². The van der Waals surface area contributed by atoms with E-state index < -0.39 is 0 Å². The van der Waals surface area contributed by atoms with Crippen molar-refractivity contribution in [3.63, 3.8) is 0 Å². The number of piperidine rings is 1. The first kappa shape index (κ1) is 15.6. The van der Waals surface area contributed by atoms with Gasteiger partial charge < -0.3 is 15.1 Å². The van der Waals surface area contributed by atoms with E-state index in [-0.39, 0.29) is 0 Å². The molecule has 1 N–H and O–H groups in total. The number of likely N-dealkylation sites (tertiary alicyclic amines) is 1. The molecule has 4 heteroatoms. The second-order valence-corrected chi connectivity index (χ2v) is 6.30. The summed E-state index contributed by atoms with van der Waals surface area (Å²) in [4.78, 5) is 4.79. The molecule has 112 valence electrons. The molecule has 1 fully saturated rings. The fourth-order valence-corrected chi connectivity index (χ4v) is 3.22. The fourth-order valence-electron chi connectivity index (χ4n) is 2.99. The molecule has 0 saturated carbocycles. The van der Waals surface area contributed by atoms with E-state index in [2.05, 4.69) is 35.3 Å². The van der Waals surface area contributed by atoms with Gasteiger partial charge in [0.25, 0.3) is 0 Å². The molecule has 1 aliphatic rings. The molecule has 0 unspecified atom stereocenters. The van der Waals surface area contributed by atoms with Gasteiger partial charge in [0.05, 0.1) is 0 Å². The number of anilines is 1. The lowest BCUT2D eigenvalue weighted by atomic mass is 9.96. The van der Waals surface area contributed by atoms with Gasteiger partial charge in [-0.1, -0.05) is 17.7 Å². The fraction of sp³-hybridized carbons (Fsp3) is 0.625. The Bertz CT molecular complexity index is 428. The van der Waals surface area contributed by atoms with Crippen molar-refractivity contribution in [1.29, 1.82) is 0 Å². The summed E-state index contributed by atoms with van der Waals surface area (Å²) in [5, 5.41) is 4.07. The normalized spacial score (nSPS) is 17.4. The molecule has 0 amide bonds. The molecular formula is C16H26ClN3. The maximum Gasteiger partial charge on any atom is 0.0471 e. The minimum atomic E-state index is 0.789. The molecule has 1 aliphatic heterocycles. The quantitative estimate of drug-likeness (QED) is 0.901. The summed E-state index contributed by atoms with van der Waals surface area (Å²) in [7, 11) is 6.36. The molecule has 1 aromatic carbocycles. The standard InChI is InChI=1S/C16H26ClN3/c1-18-11-14-15(17)5-4-6-16(14)20(3)12-13-7-9-19(2)10-8-13/h4-6,13,18H,7-12H2,1-3H3. The molecule has 0 radical (unpaired) electrons. The van der Waals surface area contributed by atoms with Gasteiger partial charge in [-0.05, 0) is 58.1 Å². The van der Waals surface area contributed by atoms with Gasteiger partial charge in [0, 0.05) is 36.4 Å². The molecule has 1 saturated heterocycles. The molecule has 3 nitrogen and oxygen atoms in total. The maximum atomic E-state index is 6.34. The SMILES string of the molecule is CNCc1c(Cl)cccc1N(C)CC1CCN(C)CC1. The van der Waals surface area contributed by atoms with E-state index in [1.54, 1.807) is 0 Å². The van der Waals surface area contributed by atoms with Crippen LogP contribution in [0.1, 0.15) is 18.4 Å². The number of benzene rings is 1. The van der Waals surface area contributed by atoms with Gasteiger partial charge in [-0.2, -0.15) is 0 Å². The number of halogens is 1. The third kappa shape index (κ3) is 3.87. The minimum Gasteiger partial charge on any atom is -0.374 e. The van der Waals surface area contributed by atoms with Crippen LogP contribution in [-0.2, 0) is 6.54 Å². The van der Waals surface area contributed by atoms with Crippen molar-refractivity contribution in [3.8, 4) is 0 Å². The lowest BCUT2D eigenvalue weighted by Crippen LogP contribution is -2.36. The number of hydrogen-bond donors (Lipinski definition) is 1. The Balaban J connectivity index is 2.05. The molecule has 1 aromatic rings. The lowest BCUT2D eigenvalue weighted by Gasteiger charge is -2.33. The van der Waals surface area contributed by atoms with E-state index in [1.165, 1.54) is 37.2 Å². The van der Waals surface area contributed by atoms with E-state index >= 15 is 0 Å². The zero-order chi connectivity index (χ0) is 14.5. The van der Waals surface area contributed by atoms with E-state index in [1.807, 2.05) is 19.2 Å². The van der Waals surface area contributed by atoms with Crippen molar-refractivity contribution in [2.75, 3.05) is 45.7 Å². The van der Waals surface area contributed by atoms with Crippen LogP contribution in [0, 0.1) is 5.92 Å². The summed E-state index contributed by atoms with van der Waals surface area (Å²) >= 11 is 6.34. The summed E-state index contributed by atoms with van der Waals surface area (Å²) in [6.07, 6.45) is 2.59. The third-order valence-electron chi connectivity index (χ3n) is 4.23. The number of hydrogen-bond acceptors (Lipinski definition) is 3. The van der Waals surface area contributed by atoms with Crippen LogP contribution in [-0.4, -0.2) is 45.7 Å². The number of rotatable bonds is 5. The first-order valence-electron chi connectivity index (χ1n) is 7.43. The van der Waals surface area contributed by atoms with Crippen molar-refractivity contribution in [3.05, 3.63) is 28.8 Å². The van der Waals surface area contributed by atoms with Crippen molar-refractivity contribution in [2.45, 2.75) is 19.4 Å². The van der Waals surface area contributed by atoms with E-state index in [0.717, 1.165) is 24.0 Å².